The summed E-state index contributed by atoms with van der Waals surface area (Å²) in [4.78, 5) is 17.2. The van der Waals surface area contributed by atoms with E-state index in [0.29, 0.717) is 12.3 Å². The zero-order valence-electron chi connectivity index (χ0n) is 10.6. The molecule has 0 radical (unpaired) electrons. The Morgan fingerprint density at radius 1 is 1.44 bits per heavy atom. The van der Waals surface area contributed by atoms with Crippen LogP contribution in [0, 0.1) is 5.92 Å². The third-order valence-electron chi connectivity index (χ3n) is 3.61. The fraction of sp³-hybridized carbons (Fsp3) is 0.571. The lowest BCUT2D eigenvalue weighted by Gasteiger charge is -2.31. The first-order valence-corrected chi connectivity index (χ1v) is 6.57. The van der Waals surface area contributed by atoms with Crippen molar-refractivity contribution in [3.05, 3.63) is 30.1 Å². The summed E-state index contributed by atoms with van der Waals surface area (Å²) in [5, 5.41) is 8.76. The second-order valence-electron chi connectivity index (χ2n) is 4.99. The molecule has 2 rings (SSSR count). The Balaban J connectivity index is 1.69. The minimum absolute atomic E-state index is 0.330. The largest absolute Gasteiger partial charge is 0.481 e. The molecule has 0 amide bonds. The van der Waals surface area contributed by atoms with Crippen LogP contribution in [-0.2, 0) is 11.2 Å². The van der Waals surface area contributed by atoms with Crippen LogP contribution in [-0.4, -0.2) is 40.6 Å². The molecule has 1 aliphatic heterocycles. The Hall–Kier alpha value is -1.42. The van der Waals surface area contributed by atoms with Gasteiger partial charge < -0.3 is 10.0 Å². The minimum atomic E-state index is -0.663. The molecular weight excluding hydrogens is 228 g/mol. The van der Waals surface area contributed by atoms with Crippen LogP contribution in [0.2, 0.25) is 0 Å². The number of likely N-dealkylation sites (tertiary alicyclic amines) is 1. The van der Waals surface area contributed by atoms with Gasteiger partial charge in [-0.15, -0.1) is 0 Å². The van der Waals surface area contributed by atoms with Crippen LogP contribution < -0.4 is 0 Å². The van der Waals surface area contributed by atoms with Crippen LogP contribution in [0.25, 0.3) is 0 Å². The molecule has 0 spiro atoms. The van der Waals surface area contributed by atoms with Crippen LogP contribution in [0.4, 0.5) is 0 Å². The molecule has 1 aromatic heterocycles. The average molecular weight is 248 g/mol. The van der Waals surface area contributed by atoms with Crippen LogP contribution in [0.5, 0.6) is 0 Å². The molecule has 4 heteroatoms. The summed E-state index contributed by atoms with van der Waals surface area (Å²) in [6, 6.07) is 4.07. The topological polar surface area (TPSA) is 53.4 Å². The van der Waals surface area contributed by atoms with Gasteiger partial charge in [-0.3, -0.25) is 9.78 Å². The molecule has 18 heavy (non-hydrogen) atoms. The van der Waals surface area contributed by atoms with Crippen molar-refractivity contribution < 1.29 is 9.90 Å². The van der Waals surface area contributed by atoms with Gasteiger partial charge in [0.25, 0.3) is 0 Å². The molecule has 0 aromatic carbocycles. The molecule has 0 atom stereocenters. The van der Waals surface area contributed by atoms with E-state index in [0.717, 1.165) is 38.9 Å². The summed E-state index contributed by atoms with van der Waals surface area (Å²) in [7, 11) is 0. The molecule has 1 N–H and O–H groups in total. The van der Waals surface area contributed by atoms with Gasteiger partial charge in [0.2, 0.25) is 0 Å². The summed E-state index contributed by atoms with van der Waals surface area (Å²) < 4.78 is 0. The van der Waals surface area contributed by atoms with E-state index < -0.39 is 5.97 Å². The lowest BCUT2D eigenvalue weighted by Crippen LogP contribution is -2.35. The van der Waals surface area contributed by atoms with E-state index in [2.05, 4.69) is 16.0 Å². The van der Waals surface area contributed by atoms with Crippen molar-refractivity contribution in [3.8, 4) is 0 Å². The van der Waals surface area contributed by atoms with Crippen LogP contribution >= 0.6 is 0 Å². The number of nitrogens with zero attached hydrogens (tertiary/aromatic N) is 2. The summed E-state index contributed by atoms with van der Waals surface area (Å²) in [6.45, 7) is 3.10. The maximum atomic E-state index is 10.6. The summed E-state index contributed by atoms with van der Waals surface area (Å²) in [5.74, 6) is -0.291. The molecule has 2 heterocycles. The van der Waals surface area contributed by atoms with Crippen molar-refractivity contribution in [2.45, 2.75) is 25.7 Å². The predicted molar refractivity (Wildman–Crippen MR) is 69.4 cm³/mol. The zero-order chi connectivity index (χ0) is 12.8. The maximum Gasteiger partial charge on any atom is 0.303 e. The van der Waals surface area contributed by atoms with E-state index >= 15 is 0 Å². The Kier molecular flexibility index (Phi) is 4.70. The van der Waals surface area contributed by atoms with E-state index in [4.69, 9.17) is 5.11 Å². The Morgan fingerprint density at radius 2 is 2.22 bits per heavy atom. The van der Waals surface area contributed by atoms with Gasteiger partial charge in [-0.25, -0.2) is 0 Å². The molecule has 0 bridgehead atoms. The van der Waals surface area contributed by atoms with Gasteiger partial charge in [0.15, 0.2) is 0 Å². The number of carboxylic acid groups (broad SMARTS) is 1. The first kappa shape index (κ1) is 13.0. The van der Waals surface area contributed by atoms with Gasteiger partial charge >= 0.3 is 5.97 Å². The number of aromatic nitrogens is 1. The number of pyridine rings is 1. The molecular formula is C14H20N2O2. The normalized spacial score (nSPS) is 17.8. The van der Waals surface area contributed by atoms with Crippen LogP contribution in [0.1, 0.15) is 24.8 Å². The molecule has 98 valence electrons. The molecule has 0 aliphatic carbocycles. The molecule has 1 aliphatic rings. The van der Waals surface area contributed by atoms with Crippen molar-refractivity contribution in [2.24, 2.45) is 5.92 Å². The highest BCUT2D eigenvalue weighted by Crippen LogP contribution is 2.20. The fourth-order valence-corrected chi connectivity index (χ4v) is 2.49. The van der Waals surface area contributed by atoms with E-state index in [1.54, 1.807) is 6.20 Å². The van der Waals surface area contributed by atoms with Crippen LogP contribution in [0.15, 0.2) is 24.5 Å². The third-order valence-corrected chi connectivity index (χ3v) is 3.61. The zero-order valence-corrected chi connectivity index (χ0v) is 10.6. The minimum Gasteiger partial charge on any atom is -0.481 e. The molecule has 1 aromatic rings. The number of carboxylic acids is 1. The van der Waals surface area contributed by atoms with Gasteiger partial charge in [-0.05, 0) is 49.9 Å². The van der Waals surface area contributed by atoms with Crippen molar-refractivity contribution in [2.75, 3.05) is 19.6 Å². The average Bonchev–Trinajstić information content (AvgIpc) is 2.38. The van der Waals surface area contributed by atoms with Crippen LogP contribution in [0.3, 0.4) is 0 Å². The molecule has 0 unspecified atom stereocenters. The fourth-order valence-electron chi connectivity index (χ4n) is 2.49. The molecule has 4 nitrogen and oxygen atoms in total. The third kappa shape index (κ3) is 4.11. The highest BCUT2D eigenvalue weighted by molar-refractivity contribution is 5.67. The van der Waals surface area contributed by atoms with Crippen molar-refractivity contribution in [3.63, 3.8) is 0 Å². The predicted octanol–water partition coefficient (Wildman–Crippen LogP) is 1.81. The number of hydrogen-bond acceptors (Lipinski definition) is 3. The quantitative estimate of drug-likeness (QED) is 0.863. The lowest BCUT2D eigenvalue weighted by molar-refractivity contribution is -0.138. The first-order valence-electron chi connectivity index (χ1n) is 6.57. The summed E-state index contributed by atoms with van der Waals surface area (Å²) in [6.07, 6.45) is 7.09. The number of carbonyl (C=O) groups is 1. The second-order valence-corrected chi connectivity index (χ2v) is 4.99. The van der Waals surface area contributed by atoms with Crippen molar-refractivity contribution in [1.29, 1.82) is 0 Å². The highest BCUT2D eigenvalue weighted by atomic mass is 16.4. The molecule has 0 saturated carbocycles. The SMILES string of the molecule is O=C(O)CC1CCN(CCc2cccnc2)CC1. The smallest absolute Gasteiger partial charge is 0.303 e. The first-order chi connectivity index (χ1) is 8.74. The lowest BCUT2D eigenvalue weighted by atomic mass is 9.93. The Morgan fingerprint density at radius 3 is 2.83 bits per heavy atom. The monoisotopic (exact) mass is 248 g/mol. The van der Waals surface area contributed by atoms with Gasteiger partial charge in [0.1, 0.15) is 0 Å². The Labute approximate surface area is 108 Å². The summed E-state index contributed by atoms with van der Waals surface area (Å²) >= 11 is 0. The van der Waals surface area contributed by atoms with Gasteiger partial charge in [0.05, 0.1) is 0 Å². The van der Waals surface area contributed by atoms with E-state index in [9.17, 15) is 4.79 Å². The van der Waals surface area contributed by atoms with E-state index in [1.165, 1.54) is 5.56 Å². The number of rotatable bonds is 5. The second kappa shape index (κ2) is 6.50. The number of hydrogen-bond donors (Lipinski definition) is 1. The van der Waals surface area contributed by atoms with E-state index in [1.807, 2.05) is 12.3 Å². The molecule has 1 fully saturated rings. The summed E-state index contributed by atoms with van der Waals surface area (Å²) in [5.41, 5.74) is 1.27. The maximum absolute atomic E-state index is 10.6. The standard InChI is InChI=1S/C14H20N2O2/c17-14(18)10-12-3-7-16(8-4-12)9-5-13-2-1-6-15-11-13/h1-2,6,11-12H,3-5,7-10H2,(H,17,18). The number of piperidine rings is 1. The van der Waals surface area contributed by atoms with Gasteiger partial charge in [-0.2, -0.15) is 0 Å². The molecule has 1 saturated heterocycles. The Bertz CT molecular complexity index is 373. The van der Waals surface area contributed by atoms with Gasteiger partial charge in [-0.1, -0.05) is 6.07 Å². The van der Waals surface area contributed by atoms with Gasteiger partial charge in [0, 0.05) is 25.4 Å². The van der Waals surface area contributed by atoms with Crippen molar-refractivity contribution in [1.82, 2.24) is 9.88 Å². The number of aliphatic carboxylic acids is 1. The highest BCUT2D eigenvalue weighted by Gasteiger charge is 2.20. The van der Waals surface area contributed by atoms with Crippen molar-refractivity contribution >= 4 is 5.97 Å². The van der Waals surface area contributed by atoms with E-state index in [-0.39, 0.29) is 0 Å².